The third-order valence-electron chi connectivity index (χ3n) is 2.63. The predicted octanol–water partition coefficient (Wildman–Crippen LogP) is 2.66. The first-order valence-electron chi connectivity index (χ1n) is 5.82. The molecule has 0 aliphatic rings. The van der Waals surface area contributed by atoms with Crippen LogP contribution < -0.4 is 5.32 Å². The maximum absolute atomic E-state index is 10.8. The molecular formula is C13H14ClN3O2. The van der Waals surface area contributed by atoms with Crippen LogP contribution in [0.5, 0.6) is 0 Å². The molecule has 0 amide bonds. The van der Waals surface area contributed by atoms with E-state index in [1.165, 1.54) is 12.1 Å². The van der Waals surface area contributed by atoms with Gasteiger partial charge in [0, 0.05) is 12.7 Å². The molecule has 2 rings (SSSR count). The van der Waals surface area contributed by atoms with Crippen molar-refractivity contribution in [1.29, 1.82) is 0 Å². The number of aryl methyl sites for hydroxylation is 1. The number of nitrogens with zero attached hydrogens (tertiary/aromatic N) is 2. The zero-order valence-electron chi connectivity index (χ0n) is 10.4. The van der Waals surface area contributed by atoms with E-state index in [1.807, 2.05) is 17.8 Å². The number of benzene rings is 1. The van der Waals surface area contributed by atoms with Crippen molar-refractivity contribution < 1.29 is 9.90 Å². The topological polar surface area (TPSA) is 67.2 Å². The molecule has 1 heterocycles. The molecule has 0 bridgehead atoms. The number of carboxylic acid groups (broad SMARTS) is 1. The highest BCUT2D eigenvalue weighted by Gasteiger charge is 2.06. The third kappa shape index (κ3) is 3.48. The Morgan fingerprint density at radius 3 is 2.89 bits per heavy atom. The number of aromatic carboxylic acids is 1. The number of rotatable bonds is 5. The summed E-state index contributed by atoms with van der Waals surface area (Å²) < 4.78 is 1.84. The van der Waals surface area contributed by atoms with Crippen LogP contribution in [0.3, 0.4) is 0 Å². The van der Waals surface area contributed by atoms with Crippen molar-refractivity contribution >= 4 is 23.3 Å². The van der Waals surface area contributed by atoms with E-state index in [0.717, 1.165) is 11.3 Å². The number of aromatic nitrogens is 2. The lowest BCUT2D eigenvalue weighted by Crippen LogP contribution is -2.11. The Labute approximate surface area is 115 Å². The predicted molar refractivity (Wildman–Crippen MR) is 73.9 cm³/mol. The van der Waals surface area contributed by atoms with Crippen molar-refractivity contribution in [2.24, 2.45) is 0 Å². The molecule has 0 unspecified atom stereocenters. The summed E-state index contributed by atoms with van der Waals surface area (Å²) in [6, 6.07) is 4.62. The summed E-state index contributed by atoms with van der Waals surface area (Å²) in [6.07, 6.45) is 3.76. The van der Waals surface area contributed by atoms with E-state index in [4.69, 9.17) is 16.7 Å². The number of anilines is 1. The minimum atomic E-state index is -0.986. The van der Waals surface area contributed by atoms with Crippen LogP contribution in [0, 0.1) is 6.92 Å². The molecule has 0 aliphatic carbocycles. The van der Waals surface area contributed by atoms with Crippen LogP contribution in [0.15, 0.2) is 30.6 Å². The standard InChI is InChI=1S/C13H14ClN3O2/c1-9-7-16-17(8-9)5-4-15-12-3-2-10(13(18)19)6-11(12)14/h2-3,6-8,15H,4-5H2,1H3,(H,18,19). The highest BCUT2D eigenvalue weighted by molar-refractivity contribution is 6.33. The average Bonchev–Trinajstić information content (AvgIpc) is 2.77. The van der Waals surface area contributed by atoms with Crippen LogP contribution in [0.4, 0.5) is 5.69 Å². The number of carboxylic acids is 1. The van der Waals surface area contributed by atoms with E-state index in [-0.39, 0.29) is 5.56 Å². The quantitative estimate of drug-likeness (QED) is 0.883. The number of carbonyl (C=O) groups is 1. The molecule has 6 heteroatoms. The smallest absolute Gasteiger partial charge is 0.335 e. The first kappa shape index (κ1) is 13.4. The van der Waals surface area contributed by atoms with Crippen molar-refractivity contribution in [3.05, 3.63) is 46.7 Å². The van der Waals surface area contributed by atoms with Crippen molar-refractivity contribution in [3.63, 3.8) is 0 Å². The molecule has 19 heavy (non-hydrogen) atoms. The number of hydrogen-bond donors (Lipinski definition) is 2. The van der Waals surface area contributed by atoms with Crippen LogP contribution in [-0.2, 0) is 6.54 Å². The molecule has 100 valence electrons. The van der Waals surface area contributed by atoms with E-state index in [9.17, 15) is 4.79 Å². The van der Waals surface area contributed by atoms with Crippen molar-refractivity contribution in [1.82, 2.24) is 9.78 Å². The van der Waals surface area contributed by atoms with E-state index in [2.05, 4.69) is 10.4 Å². The van der Waals surface area contributed by atoms with Gasteiger partial charge < -0.3 is 10.4 Å². The summed E-state index contributed by atoms with van der Waals surface area (Å²) in [6.45, 7) is 3.36. The van der Waals surface area contributed by atoms with Gasteiger partial charge >= 0.3 is 5.97 Å². The van der Waals surface area contributed by atoms with Gasteiger partial charge in [-0.1, -0.05) is 11.6 Å². The maximum Gasteiger partial charge on any atom is 0.335 e. The lowest BCUT2D eigenvalue weighted by molar-refractivity contribution is 0.0697. The number of hydrogen-bond acceptors (Lipinski definition) is 3. The van der Waals surface area contributed by atoms with E-state index in [1.54, 1.807) is 12.3 Å². The number of halogens is 1. The summed E-state index contributed by atoms with van der Waals surface area (Å²) in [7, 11) is 0. The van der Waals surface area contributed by atoms with Gasteiger partial charge in [-0.25, -0.2) is 4.79 Å². The van der Waals surface area contributed by atoms with Gasteiger partial charge in [-0.15, -0.1) is 0 Å². The third-order valence-corrected chi connectivity index (χ3v) is 2.95. The second-order valence-electron chi connectivity index (χ2n) is 4.21. The SMILES string of the molecule is Cc1cnn(CCNc2ccc(C(=O)O)cc2Cl)c1. The van der Waals surface area contributed by atoms with Gasteiger partial charge in [-0.05, 0) is 30.7 Å². The fraction of sp³-hybridized carbons (Fsp3) is 0.231. The molecule has 0 fully saturated rings. The summed E-state index contributed by atoms with van der Waals surface area (Å²) in [5, 5.41) is 16.6. The Morgan fingerprint density at radius 2 is 2.32 bits per heavy atom. The van der Waals surface area contributed by atoms with Gasteiger partial charge in [-0.3, -0.25) is 4.68 Å². The van der Waals surface area contributed by atoms with Crippen molar-refractivity contribution in [2.75, 3.05) is 11.9 Å². The highest BCUT2D eigenvalue weighted by atomic mass is 35.5. The average molecular weight is 280 g/mol. The molecule has 2 N–H and O–H groups in total. The normalized spacial score (nSPS) is 10.4. The van der Waals surface area contributed by atoms with Crippen molar-refractivity contribution in [2.45, 2.75) is 13.5 Å². The van der Waals surface area contributed by atoms with Gasteiger partial charge in [0.25, 0.3) is 0 Å². The number of nitrogens with one attached hydrogen (secondary N) is 1. The summed E-state index contributed by atoms with van der Waals surface area (Å²) >= 11 is 6.01. The fourth-order valence-corrected chi connectivity index (χ4v) is 1.93. The Balaban J connectivity index is 1.94. The first-order valence-corrected chi connectivity index (χ1v) is 6.20. The second kappa shape index (κ2) is 5.75. The van der Waals surface area contributed by atoms with Gasteiger partial charge in [0.15, 0.2) is 0 Å². The van der Waals surface area contributed by atoms with Gasteiger partial charge in [0.2, 0.25) is 0 Å². The zero-order valence-corrected chi connectivity index (χ0v) is 11.2. The Morgan fingerprint density at radius 1 is 1.53 bits per heavy atom. The summed E-state index contributed by atoms with van der Waals surface area (Å²) in [5.41, 5.74) is 2.01. The maximum atomic E-state index is 10.8. The summed E-state index contributed by atoms with van der Waals surface area (Å²) in [4.78, 5) is 10.8. The monoisotopic (exact) mass is 279 g/mol. The molecule has 2 aromatic rings. The Kier molecular flexibility index (Phi) is 4.06. The second-order valence-corrected chi connectivity index (χ2v) is 4.61. The molecule has 1 aromatic carbocycles. The van der Waals surface area contributed by atoms with E-state index >= 15 is 0 Å². The van der Waals surface area contributed by atoms with Crippen LogP contribution in [0.1, 0.15) is 15.9 Å². The Bertz CT molecular complexity index is 595. The minimum Gasteiger partial charge on any atom is -0.478 e. The van der Waals surface area contributed by atoms with E-state index in [0.29, 0.717) is 18.1 Å². The zero-order chi connectivity index (χ0) is 13.8. The van der Waals surface area contributed by atoms with Crippen LogP contribution in [0.2, 0.25) is 5.02 Å². The molecule has 0 aliphatic heterocycles. The molecule has 1 aromatic heterocycles. The van der Waals surface area contributed by atoms with Crippen LogP contribution >= 0.6 is 11.6 Å². The first-order chi connectivity index (χ1) is 9.06. The lowest BCUT2D eigenvalue weighted by Gasteiger charge is -2.09. The molecule has 0 saturated carbocycles. The minimum absolute atomic E-state index is 0.179. The molecule has 0 spiro atoms. The fourth-order valence-electron chi connectivity index (χ4n) is 1.69. The highest BCUT2D eigenvalue weighted by Crippen LogP contribution is 2.22. The van der Waals surface area contributed by atoms with Gasteiger partial charge in [0.05, 0.1) is 29.0 Å². The van der Waals surface area contributed by atoms with Crippen molar-refractivity contribution in [3.8, 4) is 0 Å². The van der Waals surface area contributed by atoms with Crippen LogP contribution in [-0.4, -0.2) is 27.4 Å². The molecule has 5 nitrogen and oxygen atoms in total. The lowest BCUT2D eigenvalue weighted by atomic mass is 10.2. The van der Waals surface area contributed by atoms with Gasteiger partial charge in [0.1, 0.15) is 0 Å². The summed E-state index contributed by atoms with van der Waals surface area (Å²) in [5.74, 6) is -0.986. The van der Waals surface area contributed by atoms with Gasteiger partial charge in [-0.2, -0.15) is 5.10 Å². The molecule has 0 atom stereocenters. The molecular weight excluding hydrogens is 266 g/mol. The largest absolute Gasteiger partial charge is 0.478 e. The molecule has 0 radical (unpaired) electrons. The molecule has 0 saturated heterocycles. The van der Waals surface area contributed by atoms with Crippen LogP contribution in [0.25, 0.3) is 0 Å². The Hall–Kier alpha value is -2.01. The van der Waals surface area contributed by atoms with E-state index < -0.39 is 5.97 Å².